The Morgan fingerprint density at radius 2 is 2.18 bits per heavy atom. The molecule has 1 atom stereocenters. The fourth-order valence-electron chi connectivity index (χ4n) is 0.627. The van der Waals surface area contributed by atoms with E-state index in [1.54, 1.807) is 6.07 Å². The van der Waals surface area contributed by atoms with Gasteiger partial charge in [0.05, 0.1) is 19.6 Å². The van der Waals surface area contributed by atoms with Gasteiger partial charge in [-0.15, -0.1) is 0 Å². The molecule has 1 unspecified atom stereocenters. The van der Waals surface area contributed by atoms with Gasteiger partial charge >= 0.3 is 5.97 Å². The number of carbonyl (C=O) groups is 2. The van der Waals surface area contributed by atoms with Crippen LogP contribution >= 0.6 is 0 Å². The summed E-state index contributed by atoms with van der Waals surface area (Å²) in [7, 11) is 1.19. The maximum absolute atomic E-state index is 10.7. The average molecular weight is 155 g/mol. The average Bonchev–Trinajstić information content (AvgIpc) is 1.98. The summed E-state index contributed by atoms with van der Waals surface area (Å²) in [6, 6.07) is 1.74. The second-order valence-electron chi connectivity index (χ2n) is 2.05. The number of methoxy groups -OCH3 is 1. The number of nitriles is 1. The van der Waals surface area contributed by atoms with Crippen molar-refractivity contribution in [2.24, 2.45) is 5.92 Å². The molecule has 0 heterocycles. The third-order valence-electron chi connectivity index (χ3n) is 1.27. The highest BCUT2D eigenvalue weighted by atomic mass is 16.5. The topological polar surface area (TPSA) is 67.2 Å². The first-order valence-corrected chi connectivity index (χ1v) is 3.08. The molecule has 0 radical (unpaired) electrons. The van der Waals surface area contributed by atoms with Crippen LogP contribution in [-0.2, 0) is 14.3 Å². The molecule has 0 spiro atoms. The molecule has 0 rings (SSSR count). The second kappa shape index (κ2) is 4.45. The van der Waals surface area contributed by atoms with Crippen LogP contribution in [-0.4, -0.2) is 18.9 Å². The molecule has 0 N–H and O–H groups in total. The van der Waals surface area contributed by atoms with E-state index in [-0.39, 0.29) is 12.2 Å². The number of ether oxygens (including phenoxy) is 1. The molecule has 0 aromatic rings. The molecule has 4 nitrogen and oxygen atoms in total. The zero-order valence-electron chi connectivity index (χ0n) is 6.46. The molecule has 0 aliphatic rings. The van der Waals surface area contributed by atoms with E-state index in [4.69, 9.17) is 5.26 Å². The number of Topliss-reactive ketones (excluding diaryl/α,β-unsaturated/α-hetero) is 1. The molecule has 0 amide bonds. The van der Waals surface area contributed by atoms with E-state index < -0.39 is 11.9 Å². The first-order valence-electron chi connectivity index (χ1n) is 3.08. The Hall–Kier alpha value is -1.37. The van der Waals surface area contributed by atoms with Gasteiger partial charge < -0.3 is 4.74 Å². The van der Waals surface area contributed by atoms with Gasteiger partial charge in [-0.05, 0) is 6.92 Å². The number of ketones is 1. The molecule has 60 valence electrons. The van der Waals surface area contributed by atoms with Crippen molar-refractivity contribution in [3.05, 3.63) is 0 Å². The standard InChI is InChI=1S/C7H9NO3/c1-5(9)6(3-4-8)7(10)11-2/h6H,3H2,1-2H3. The number of hydrogen-bond acceptors (Lipinski definition) is 4. The summed E-state index contributed by atoms with van der Waals surface area (Å²) in [5.41, 5.74) is 0. The SMILES string of the molecule is COC(=O)C(CC#N)C(C)=O. The van der Waals surface area contributed by atoms with Gasteiger partial charge in [0.15, 0.2) is 0 Å². The lowest BCUT2D eigenvalue weighted by Gasteiger charge is -2.05. The van der Waals surface area contributed by atoms with E-state index in [1.165, 1.54) is 14.0 Å². The second-order valence-corrected chi connectivity index (χ2v) is 2.05. The van der Waals surface area contributed by atoms with Crippen LogP contribution in [0.5, 0.6) is 0 Å². The summed E-state index contributed by atoms with van der Waals surface area (Å²) in [4.78, 5) is 21.4. The minimum absolute atomic E-state index is 0.109. The molecule has 0 saturated carbocycles. The van der Waals surface area contributed by atoms with Crippen LogP contribution in [0.1, 0.15) is 13.3 Å². The van der Waals surface area contributed by atoms with Gasteiger partial charge in [0.2, 0.25) is 0 Å². The molecule has 0 bridgehead atoms. The third-order valence-corrected chi connectivity index (χ3v) is 1.27. The largest absolute Gasteiger partial charge is 0.468 e. The van der Waals surface area contributed by atoms with E-state index >= 15 is 0 Å². The van der Waals surface area contributed by atoms with Crippen molar-refractivity contribution >= 4 is 11.8 Å². The van der Waals surface area contributed by atoms with Crippen molar-refractivity contribution in [3.8, 4) is 6.07 Å². The van der Waals surface area contributed by atoms with Gasteiger partial charge in [-0.25, -0.2) is 0 Å². The molecule has 0 aliphatic heterocycles. The number of rotatable bonds is 3. The van der Waals surface area contributed by atoms with Crippen LogP contribution in [0.3, 0.4) is 0 Å². The smallest absolute Gasteiger partial charge is 0.317 e. The van der Waals surface area contributed by atoms with Crippen molar-refractivity contribution in [2.75, 3.05) is 7.11 Å². The Bertz CT molecular complexity index is 204. The summed E-state index contributed by atoms with van der Waals surface area (Å²) in [6.07, 6.45) is -0.109. The van der Waals surface area contributed by atoms with Gasteiger partial charge in [0, 0.05) is 0 Å². The monoisotopic (exact) mass is 155 g/mol. The van der Waals surface area contributed by atoms with Gasteiger partial charge in [0.25, 0.3) is 0 Å². The lowest BCUT2D eigenvalue weighted by Crippen LogP contribution is -2.22. The van der Waals surface area contributed by atoms with Gasteiger partial charge in [-0.3, -0.25) is 9.59 Å². The molecule has 0 aliphatic carbocycles. The van der Waals surface area contributed by atoms with Crippen LogP contribution in [0, 0.1) is 17.2 Å². The van der Waals surface area contributed by atoms with Crippen molar-refractivity contribution in [1.29, 1.82) is 5.26 Å². The van der Waals surface area contributed by atoms with Crippen LogP contribution < -0.4 is 0 Å². The Morgan fingerprint density at radius 3 is 2.45 bits per heavy atom. The van der Waals surface area contributed by atoms with Gasteiger partial charge in [0.1, 0.15) is 11.7 Å². The summed E-state index contributed by atoms with van der Waals surface area (Å²) >= 11 is 0. The van der Waals surface area contributed by atoms with Gasteiger partial charge in [-0.1, -0.05) is 0 Å². The van der Waals surface area contributed by atoms with Crippen LogP contribution in [0.25, 0.3) is 0 Å². The van der Waals surface area contributed by atoms with Crippen molar-refractivity contribution < 1.29 is 14.3 Å². The summed E-state index contributed by atoms with van der Waals surface area (Å²) in [5, 5.41) is 8.22. The van der Waals surface area contributed by atoms with Crippen LogP contribution in [0.2, 0.25) is 0 Å². The Labute approximate surface area is 64.8 Å². The summed E-state index contributed by atoms with van der Waals surface area (Å²) in [6.45, 7) is 1.26. The van der Waals surface area contributed by atoms with E-state index in [0.29, 0.717) is 0 Å². The van der Waals surface area contributed by atoms with Crippen LogP contribution in [0.15, 0.2) is 0 Å². The number of carbonyl (C=O) groups excluding carboxylic acids is 2. The van der Waals surface area contributed by atoms with E-state index in [2.05, 4.69) is 4.74 Å². The van der Waals surface area contributed by atoms with E-state index in [0.717, 1.165) is 0 Å². The Kier molecular flexibility index (Phi) is 3.89. The van der Waals surface area contributed by atoms with Gasteiger partial charge in [-0.2, -0.15) is 5.26 Å². The summed E-state index contributed by atoms with van der Waals surface area (Å²) < 4.78 is 4.32. The van der Waals surface area contributed by atoms with E-state index in [9.17, 15) is 9.59 Å². The van der Waals surface area contributed by atoms with Crippen molar-refractivity contribution in [3.63, 3.8) is 0 Å². The third kappa shape index (κ3) is 2.80. The van der Waals surface area contributed by atoms with Crippen molar-refractivity contribution in [1.82, 2.24) is 0 Å². The first kappa shape index (κ1) is 9.63. The molecule has 0 fully saturated rings. The zero-order chi connectivity index (χ0) is 8.85. The zero-order valence-corrected chi connectivity index (χ0v) is 6.46. The first-order chi connectivity index (χ1) is 5.13. The highest BCUT2D eigenvalue weighted by Crippen LogP contribution is 2.05. The fourth-order valence-corrected chi connectivity index (χ4v) is 0.627. The maximum Gasteiger partial charge on any atom is 0.317 e. The lowest BCUT2D eigenvalue weighted by molar-refractivity contribution is -0.148. The number of hydrogen-bond donors (Lipinski definition) is 0. The predicted octanol–water partition coefficient (Wildman–Crippen LogP) is 0.278. The lowest BCUT2D eigenvalue weighted by atomic mass is 10.0. The minimum Gasteiger partial charge on any atom is -0.468 e. The molecule has 11 heavy (non-hydrogen) atoms. The maximum atomic E-state index is 10.7. The number of nitrogens with zero attached hydrogens (tertiary/aromatic N) is 1. The molecular formula is C7H9NO3. The predicted molar refractivity (Wildman–Crippen MR) is 36.4 cm³/mol. The minimum atomic E-state index is -0.912. The quantitative estimate of drug-likeness (QED) is 0.433. The molecule has 0 aromatic carbocycles. The van der Waals surface area contributed by atoms with E-state index in [1.807, 2.05) is 0 Å². The van der Waals surface area contributed by atoms with Crippen molar-refractivity contribution in [2.45, 2.75) is 13.3 Å². The highest BCUT2D eigenvalue weighted by Gasteiger charge is 2.23. The number of esters is 1. The van der Waals surface area contributed by atoms with Crippen LogP contribution in [0.4, 0.5) is 0 Å². The normalized spacial score (nSPS) is 11.4. The molecule has 4 heteroatoms. The fraction of sp³-hybridized carbons (Fsp3) is 0.571. The molecule has 0 aromatic heterocycles. The molecule has 0 saturated heterocycles. The Morgan fingerprint density at radius 1 is 1.64 bits per heavy atom. The highest BCUT2D eigenvalue weighted by molar-refractivity contribution is 5.97. The molecular weight excluding hydrogens is 146 g/mol. The Balaban J connectivity index is 4.24. The summed E-state index contributed by atoms with van der Waals surface area (Å²) in [5.74, 6) is -1.89.